The zero-order valence-corrected chi connectivity index (χ0v) is 13.8. The molecule has 0 radical (unpaired) electrons. The molecule has 2 aliphatic rings. The van der Waals surface area contributed by atoms with Gasteiger partial charge in [0.25, 0.3) is 0 Å². The molecule has 1 amide bonds. The van der Waals surface area contributed by atoms with Gasteiger partial charge in [0.2, 0.25) is 11.8 Å². The highest BCUT2D eigenvalue weighted by Crippen LogP contribution is 2.40. The molecule has 23 heavy (non-hydrogen) atoms. The van der Waals surface area contributed by atoms with E-state index in [1.165, 1.54) is 4.88 Å². The number of fused-ring (bicyclic) bond motifs is 1. The van der Waals surface area contributed by atoms with E-state index < -0.39 is 6.10 Å². The van der Waals surface area contributed by atoms with Crippen LogP contribution in [0.4, 0.5) is 0 Å². The number of likely N-dealkylation sites (tertiary alicyclic amines) is 1. The lowest BCUT2D eigenvalue weighted by Gasteiger charge is -2.29. The molecule has 1 fully saturated rings. The normalized spacial score (nSPS) is 27.2. The summed E-state index contributed by atoms with van der Waals surface area (Å²) in [6.07, 6.45) is 2.87. The van der Waals surface area contributed by atoms with Crippen LogP contribution in [0, 0.1) is 6.92 Å². The number of hydrogen-bond donors (Lipinski definition) is 1. The van der Waals surface area contributed by atoms with Gasteiger partial charge in [0, 0.05) is 17.8 Å². The number of β-amino-alcohol motifs (C(OH)–C–C–N with tert-alkyl or cyclic N) is 1. The molecule has 3 heterocycles. The van der Waals surface area contributed by atoms with Gasteiger partial charge in [0.1, 0.15) is 6.04 Å². The number of nitrogens with zero attached hydrogens (tertiary/aromatic N) is 3. The first-order chi connectivity index (χ1) is 11.1. The third-order valence-electron chi connectivity index (χ3n) is 4.74. The number of aromatic nitrogens is 2. The van der Waals surface area contributed by atoms with Crippen LogP contribution in [0.5, 0.6) is 0 Å². The van der Waals surface area contributed by atoms with E-state index in [0.29, 0.717) is 24.7 Å². The molecular formula is C16H19N3O3S. The van der Waals surface area contributed by atoms with E-state index in [4.69, 9.17) is 4.52 Å². The molecule has 1 aliphatic heterocycles. The van der Waals surface area contributed by atoms with Gasteiger partial charge in [0.05, 0.1) is 12.0 Å². The van der Waals surface area contributed by atoms with Crippen molar-refractivity contribution in [1.82, 2.24) is 15.0 Å². The van der Waals surface area contributed by atoms with Gasteiger partial charge in [-0.05, 0) is 43.2 Å². The number of aliphatic hydroxyl groups is 1. The lowest BCUT2D eigenvalue weighted by molar-refractivity contribution is -0.134. The van der Waals surface area contributed by atoms with Gasteiger partial charge < -0.3 is 14.5 Å². The first-order valence-corrected chi connectivity index (χ1v) is 8.86. The Morgan fingerprint density at radius 3 is 3.17 bits per heavy atom. The molecule has 0 saturated carbocycles. The van der Waals surface area contributed by atoms with Gasteiger partial charge in [-0.1, -0.05) is 5.16 Å². The molecule has 1 N–H and O–H groups in total. The second kappa shape index (κ2) is 5.72. The predicted molar refractivity (Wildman–Crippen MR) is 84.1 cm³/mol. The van der Waals surface area contributed by atoms with E-state index in [0.717, 1.165) is 24.8 Å². The van der Waals surface area contributed by atoms with Gasteiger partial charge in [-0.3, -0.25) is 4.79 Å². The number of thiophene rings is 1. The average molecular weight is 333 g/mol. The van der Waals surface area contributed by atoms with Crippen molar-refractivity contribution in [2.45, 2.75) is 50.7 Å². The largest absolute Gasteiger partial charge is 0.391 e. The van der Waals surface area contributed by atoms with Crippen LogP contribution in [0.2, 0.25) is 0 Å². The molecule has 1 saturated heterocycles. The van der Waals surface area contributed by atoms with Crippen molar-refractivity contribution >= 4 is 17.2 Å². The molecule has 3 atom stereocenters. The Hall–Kier alpha value is -1.73. The maximum atomic E-state index is 13.1. The summed E-state index contributed by atoms with van der Waals surface area (Å²) in [6.45, 7) is 2.09. The zero-order valence-electron chi connectivity index (χ0n) is 12.9. The number of carbonyl (C=O) groups excluding carboxylic acids is 1. The third-order valence-corrected chi connectivity index (χ3v) is 5.74. The van der Waals surface area contributed by atoms with Gasteiger partial charge >= 0.3 is 0 Å². The monoisotopic (exact) mass is 333 g/mol. The highest BCUT2D eigenvalue weighted by molar-refractivity contribution is 7.10. The Morgan fingerprint density at radius 2 is 2.39 bits per heavy atom. The van der Waals surface area contributed by atoms with E-state index >= 15 is 0 Å². The molecule has 0 unspecified atom stereocenters. The maximum Gasteiger partial charge on any atom is 0.249 e. The summed E-state index contributed by atoms with van der Waals surface area (Å²) >= 11 is 1.73. The summed E-state index contributed by atoms with van der Waals surface area (Å²) < 4.78 is 5.25. The Labute approximate surface area is 138 Å². The highest BCUT2D eigenvalue weighted by atomic mass is 32.1. The van der Waals surface area contributed by atoms with Crippen molar-refractivity contribution in [3.05, 3.63) is 33.6 Å². The Balaban J connectivity index is 1.62. The van der Waals surface area contributed by atoms with Crippen molar-refractivity contribution < 1.29 is 14.4 Å². The summed E-state index contributed by atoms with van der Waals surface area (Å²) in [6, 6.07) is 1.75. The lowest BCUT2D eigenvalue weighted by Crippen LogP contribution is -2.36. The molecule has 0 aromatic carbocycles. The molecule has 4 rings (SSSR count). The van der Waals surface area contributed by atoms with Crippen molar-refractivity contribution in [3.8, 4) is 0 Å². The van der Waals surface area contributed by atoms with Gasteiger partial charge in [-0.2, -0.15) is 4.98 Å². The van der Waals surface area contributed by atoms with Crippen LogP contribution >= 0.6 is 11.3 Å². The molecule has 2 aromatic heterocycles. The second-order valence-electron chi connectivity index (χ2n) is 6.32. The summed E-state index contributed by atoms with van der Waals surface area (Å²) in [7, 11) is 0. The third kappa shape index (κ3) is 2.57. The summed E-state index contributed by atoms with van der Waals surface area (Å²) in [5.41, 5.74) is 1.16. The van der Waals surface area contributed by atoms with Crippen LogP contribution in [-0.4, -0.2) is 38.7 Å². The van der Waals surface area contributed by atoms with Crippen LogP contribution in [0.3, 0.4) is 0 Å². The van der Waals surface area contributed by atoms with Crippen LogP contribution in [0.25, 0.3) is 0 Å². The average Bonchev–Trinajstić information content (AvgIpc) is 3.24. The van der Waals surface area contributed by atoms with Crippen molar-refractivity contribution in [3.63, 3.8) is 0 Å². The number of aryl methyl sites for hydroxylation is 2. The van der Waals surface area contributed by atoms with Gasteiger partial charge in [0.15, 0.2) is 5.82 Å². The number of hydrogen-bond acceptors (Lipinski definition) is 6. The van der Waals surface area contributed by atoms with E-state index in [2.05, 4.69) is 21.6 Å². The summed E-state index contributed by atoms with van der Waals surface area (Å²) in [5, 5.41) is 15.9. The predicted octanol–water partition coefficient (Wildman–Crippen LogP) is 2.19. The minimum Gasteiger partial charge on any atom is -0.391 e. The van der Waals surface area contributed by atoms with Crippen LogP contribution in [-0.2, 0) is 11.2 Å². The molecule has 0 bridgehead atoms. The van der Waals surface area contributed by atoms with Crippen molar-refractivity contribution in [2.75, 3.05) is 6.54 Å². The van der Waals surface area contributed by atoms with E-state index in [9.17, 15) is 9.90 Å². The highest BCUT2D eigenvalue weighted by Gasteiger charge is 2.42. The molecule has 7 heteroatoms. The Kier molecular flexibility index (Phi) is 3.69. The van der Waals surface area contributed by atoms with Gasteiger partial charge in [-0.25, -0.2) is 0 Å². The number of carbonyl (C=O) groups is 1. The quantitative estimate of drug-likeness (QED) is 0.911. The summed E-state index contributed by atoms with van der Waals surface area (Å²) in [5.74, 6) is 0.934. The molecule has 6 nitrogen and oxygen atoms in total. The fourth-order valence-electron chi connectivity index (χ4n) is 3.68. The fraction of sp³-hybridized carbons (Fsp3) is 0.562. The fourth-order valence-corrected chi connectivity index (χ4v) is 4.67. The maximum absolute atomic E-state index is 13.1. The van der Waals surface area contributed by atoms with Crippen LogP contribution in [0.1, 0.15) is 53.4 Å². The van der Waals surface area contributed by atoms with Crippen LogP contribution < -0.4 is 0 Å². The van der Waals surface area contributed by atoms with E-state index in [-0.39, 0.29) is 17.9 Å². The zero-order chi connectivity index (χ0) is 16.0. The van der Waals surface area contributed by atoms with Crippen molar-refractivity contribution in [1.29, 1.82) is 0 Å². The standard InChI is InChI=1S/C16H19N3O3S/c1-9-17-15(22-18-9)13-7-10(20)8-19(13)16(21)12-3-2-4-14-11(12)5-6-23-14/h5-6,10,12-13,20H,2-4,7-8H2,1H3/t10-,12-,13+/m0/s1. The summed E-state index contributed by atoms with van der Waals surface area (Å²) in [4.78, 5) is 20.4. The Morgan fingerprint density at radius 1 is 1.52 bits per heavy atom. The SMILES string of the molecule is Cc1noc([C@H]2C[C@H](O)CN2C(=O)[C@H]2CCCc3sccc32)n1. The number of aliphatic hydroxyl groups excluding tert-OH is 1. The molecule has 122 valence electrons. The number of amides is 1. The first kappa shape index (κ1) is 14.8. The Bertz CT molecular complexity index is 726. The molecular weight excluding hydrogens is 314 g/mol. The smallest absolute Gasteiger partial charge is 0.249 e. The second-order valence-corrected chi connectivity index (χ2v) is 7.32. The van der Waals surface area contributed by atoms with E-state index in [1.807, 2.05) is 0 Å². The van der Waals surface area contributed by atoms with E-state index in [1.54, 1.807) is 23.2 Å². The first-order valence-electron chi connectivity index (χ1n) is 7.98. The molecule has 1 aliphatic carbocycles. The van der Waals surface area contributed by atoms with Crippen molar-refractivity contribution in [2.24, 2.45) is 0 Å². The lowest BCUT2D eigenvalue weighted by atomic mass is 9.86. The molecule has 0 spiro atoms. The number of rotatable bonds is 2. The minimum absolute atomic E-state index is 0.0711. The van der Waals surface area contributed by atoms with Crippen LogP contribution in [0.15, 0.2) is 16.0 Å². The minimum atomic E-state index is -0.540. The molecule has 2 aromatic rings. The van der Waals surface area contributed by atoms with Gasteiger partial charge in [-0.15, -0.1) is 11.3 Å². The topological polar surface area (TPSA) is 79.5 Å².